The van der Waals surface area contributed by atoms with E-state index in [4.69, 9.17) is 18.9 Å². The Morgan fingerprint density at radius 2 is 1.83 bits per heavy atom. The number of hydrogen-bond acceptors (Lipinski definition) is 6. The first-order chi connectivity index (χ1) is 16.6. The van der Waals surface area contributed by atoms with E-state index in [9.17, 15) is 15.0 Å². The van der Waals surface area contributed by atoms with E-state index in [0.717, 1.165) is 19.3 Å². The molecule has 0 amide bonds. The Morgan fingerprint density at radius 3 is 2.43 bits per heavy atom. The maximum atomic E-state index is 11.2. The van der Waals surface area contributed by atoms with E-state index in [1.807, 2.05) is 6.08 Å². The third kappa shape index (κ3) is 11.8. The highest BCUT2D eigenvalue weighted by Gasteiger charge is 2.41. The fraction of sp³-hybridized carbons (Fsp3) is 0.750. The molecule has 0 aromatic heterocycles. The van der Waals surface area contributed by atoms with Gasteiger partial charge < -0.3 is 29.2 Å². The van der Waals surface area contributed by atoms with Crippen molar-refractivity contribution in [1.29, 1.82) is 0 Å². The van der Waals surface area contributed by atoms with Crippen LogP contribution in [0.25, 0.3) is 0 Å². The fourth-order valence-electron chi connectivity index (χ4n) is 4.32. The van der Waals surface area contributed by atoms with Crippen molar-refractivity contribution >= 4 is 5.97 Å². The average Bonchev–Trinajstić information content (AvgIpc) is 3.31. The summed E-state index contributed by atoms with van der Waals surface area (Å²) < 4.78 is 22.8. The molecule has 1 aliphatic rings. The van der Waals surface area contributed by atoms with Crippen LogP contribution in [0.3, 0.4) is 0 Å². The molecule has 0 aliphatic carbocycles. The topological polar surface area (TPSA) is 94.5 Å². The van der Waals surface area contributed by atoms with Crippen molar-refractivity contribution < 1.29 is 34.0 Å². The molecule has 1 rings (SSSR count). The van der Waals surface area contributed by atoms with Crippen molar-refractivity contribution in [2.45, 2.75) is 91.1 Å². The van der Waals surface area contributed by atoms with Gasteiger partial charge in [-0.05, 0) is 44.9 Å². The van der Waals surface area contributed by atoms with Gasteiger partial charge in [0.25, 0.3) is 0 Å². The molecule has 7 nitrogen and oxygen atoms in total. The third-order valence-corrected chi connectivity index (χ3v) is 6.52. The maximum Gasteiger partial charge on any atom is 0.306 e. The van der Waals surface area contributed by atoms with Crippen molar-refractivity contribution in [3.05, 3.63) is 36.0 Å². The van der Waals surface area contributed by atoms with E-state index in [1.165, 1.54) is 5.57 Å². The Kier molecular flexibility index (Phi) is 15.3. The summed E-state index contributed by atoms with van der Waals surface area (Å²) in [6, 6.07) is 0. The minimum Gasteiger partial charge on any atom is -0.481 e. The molecular weight excluding hydrogens is 448 g/mol. The average molecular weight is 497 g/mol. The monoisotopic (exact) mass is 496 g/mol. The number of aliphatic hydroxyl groups excluding tert-OH is 1. The second-order valence-electron chi connectivity index (χ2n) is 9.73. The summed E-state index contributed by atoms with van der Waals surface area (Å²) in [5.41, 5.74) is 1.20. The molecule has 0 bridgehead atoms. The van der Waals surface area contributed by atoms with Gasteiger partial charge in [0.1, 0.15) is 6.79 Å². The van der Waals surface area contributed by atoms with Gasteiger partial charge in [0, 0.05) is 19.4 Å². The number of rotatable bonds is 18. The van der Waals surface area contributed by atoms with Crippen molar-refractivity contribution in [2.75, 3.05) is 27.1 Å². The van der Waals surface area contributed by atoms with Crippen LogP contribution in [-0.2, 0) is 23.7 Å². The van der Waals surface area contributed by atoms with Crippen LogP contribution >= 0.6 is 0 Å². The highest BCUT2D eigenvalue weighted by Crippen LogP contribution is 2.36. The maximum absolute atomic E-state index is 11.2. The van der Waals surface area contributed by atoms with E-state index in [1.54, 1.807) is 20.1 Å². The van der Waals surface area contributed by atoms with Crippen LogP contribution < -0.4 is 0 Å². The number of ether oxygens (including phenoxy) is 4. The molecule has 1 heterocycles. The summed E-state index contributed by atoms with van der Waals surface area (Å²) in [5, 5.41) is 20.0. The van der Waals surface area contributed by atoms with E-state index in [0.29, 0.717) is 32.5 Å². The Labute approximate surface area is 212 Å². The van der Waals surface area contributed by atoms with Crippen molar-refractivity contribution in [1.82, 2.24) is 0 Å². The van der Waals surface area contributed by atoms with Gasteiger partial charge in [-0.3, -0.25) is 4.79 Å². The first kappa shape index (κ1) is 31.5. The lowest BCUT2D eigenvalue weighted by Crippen LogP contribution is -2.38. The Morgan fingerprint density at radius 1 is 1.14 bits per heavy atom. The molecule has 7 heteroatoms. The number of aliphatic carboxylic acids is 1. The molecule has 0 unspecified atom stereocenters. The summed E-state index contributed by atoms with van der Waals surface area (Å²) in [5.74, 6) is -1.63. The predicted molar refractivity (Wildman–Crippen MR) is 138 cm³/mol. The SMILES string of the molecule is CC/C=C/C(C)=C/[C@H](C)C[C@H](OCOC)[C@@H](O)/C=C/CC[C@@H](C)C1(CC[C@H](C)C(=O)O)OCCO1. The van der Waals surface area contributed by atoms with Gasteiger partial charge in [-0.1, -0.05) is 63.6 Å². The normalized spacial score (nSPS) is 20.8. The zero-order valence-electron chi connectivity index (χ0n) is 22.6. The molecule has 5 atom stereocenters. The smallest absolute Gasteiger partial charge is 0.306 e. The van der Waals surface area contributed by atoms with E-state index in [2.05, 4.69) is 45.9 Å². The van der Waals surface area contributed by atoms with E-state index in [-0.39, 0.29) is 24.7 Å². The number of hydrogen-bond donors (Lipinski definition) is 2. The molecular formula is C28H48O7. The van der Waals surface area contributed by atoms with Crippen molar-refractivity contribution in [3.63, 3.8) is 0 Å². The minimum absolute atomic E-state index is 0.0950. The Balaban J connectivity index is 2.66. The number of methoxy groups -OCH3 is 1. The lowest BCUT2D eigenvalue weighted by molar-refractivity contribution is -0.199. The van der Waals surface area contributed by atoms with Gasteiger partial charge in [0.15, 0.2) is 5.79 Å². The highest BCUT2D eigenvalue weighted by molar-refractivity contribution is 5.69. The van der Waals surface area contributed by atoms with Crippen molar-refractivity contribution in [2.24, 2.45) is 17.8 Å². The second kappa shape index (κ2) is 17.0. The standard InChI is InChI=1S/C28H48O7/c1-7-8-11-21(2)18-22(3)19-26(33-20-32-6)25(29)13-10-9-12-24(5)28(34-16-17-35-28)15-14-23(4)27(30)31/h8,10-11,13,18,22-26,29H,7,9,12,14-17,19-20H2,1-6H3,(H,30,31)/b11-8+,13-10+,21-18+/t22-,23-,24+,25-,26-/m0/s1. The van der Waals surface area contributed by atoms with Crippen LogP contribution in [0.15, 0.2) is 36.0 Å². The van der Waals surface area contributed by atoms with Crippen LogP contribution in [0.2, 0.25) is 0 Å². The summed E-state index contributed by atoms with van der Waals surface area (Å²) in [4.78, 5) is 11.2. The first-order valence-electron chi connectivity index (χ1n) is 13.0. The number of carboxylic acid groups (broad SMARTS) is 1. The van der Waals surface area contributed by atoms with Gasteiger partial charge in [-0.2, -0.15) is 0 Å². The quantitative estimate of drug-likeness (QED) is 0.147. The summed E-state index contributed by atoms with van der Waals surface area (Å²) in [6.07, 6.45) is 13.4. The summed E-state index contributed by atoms with van der Waals surface area (Å²) >= 11 is 0. The number of carboxylic acids is 1. The molecule has 35 heavy (non-hydrogen) atoms. The number of aliphatic hydroxyl groups is 1. The van der Waals surface area contributed by atoms with Crippen LogP contribution in [0.1, 0.15) is 73.1 Å². The zero-order chi connectivity index (χ0) is 26.3. The van der Waals surface area contributed by atoms with Crippen molar-refractivity contribution in [3.8, 4) is 0 Å². The summed E-state index contributed by atoms with van der Waals surface area (Å²) in [7, 11) is 1.57. The van der Waals surface area contributed by atoms with Gasteiger partial charge >= 0.3 is 5.97 Å². The van der Waals surface area contributed by atoms with Crippen LogP contribution in [-0.4, -0.2) is 61.3 Å². The largest absolute Gasteiger partial charge is 0.481 e. The minimum atomic E-state index is -0.801. The lowest BCUT2D eigenvalue weighted by atomic mass is 9.89. The predicted octanol–water partition coefficient (Wildman–Crippen LogP) is 5.49. The van der Waals surface area contributed by atoms with Crippen LogP contribution in [0.4, 0.5) is 0 Å². The Bertz CT molecular complexity index is 679. The molecule has 1 saturated heterocycles. The van der Waals surface area contributed by atoms with E-state index >= 15 is 0 Å². The van der Waals surface area contributed by atoms with Crippen LogP contribution in [0.5, 0.6) is 0 Å². The first-order valence-corrected chi connectivity index (χ1v) is 13.0. The number of allylic oxidation sites excluding steroid dienone is 5. The molecule has 0 radical (unpaired) electrons. The summed E-state index contributed by atoms with van der Waals surface area (Å²) in [6.45, 7) is 11.3. The third-order valence-electron chi connectivity index (χ3n) is 6.52. The Hall–Kier alpha value is -1.51. The highest BCUT2D eigenvalue weighted by atomic mass is 16.7. The molecule has 1 fully saturated rings. The molecule has 0 spiro atoms. The molecule has 0 saturated carbocycles. The second-order valence-corrected chi connectivity index (χ2v) is 9.73. The lowest BCUT2D eigenvalue weighted by Gasteiger charge is -2.34. The van der Waals surface area contributed by atoms with Gasteiger partial charge in [-0.25, -0.2) is 0 Å². The molecule has 1 aliphatic heterocycles. The molecule has 0 aromatic carbocycles. The zero-order valence-corrected chi connectivity index (χ0v) is 22.6. The molecule has 2 N–H and O–H groups in total. The van der Waals surface area contributed by atoms with Crippen LogP contribution in [0, 0.1) is 17.8 Å². The number of carbonyl (C=O) groups is 1. The fourth-order valence-corrected chi connectivity index (χ4v) is 4.32. The van der Waals surface area contributed by atoms with Gasteiger partial charge in [-0.15, -0.1) is 0 Å². The molecule has 202 valence electrons. The molecule has 0 aromatic rings. The van der Waals surface area contributed by atoms with E-state index < -0.39 is 23.8 Å². The van der Waals surface area contributed by atoms with Gasteiger partial charge in [0.2, 0.25) is 0 Å². The van der Waals surface area contributed by atoms with Gasteiger partial charge in [0.05, 0.1) is 31.3 Å².